The molecule has 2 aromatic rings. The van der Waals surface area contributed by atoms with Crippen molar-refractivity contribution in [2.75, 3.05) is 6.54 Å². The Labute approximate surface area is 106 Å². The minimum atomic E-state index is -0.672. The largest absolute Gasteiger partial charge is 0.437 e. The number of hydrogen-bond donors (Lipinski definition) is 1. The van der Waals surface area contributed by atoms with Gasteiger partial charge in [-0.15, -0.1) is 22.9 Å². The number of hydrogen-bond acceptors (Lipinski definition) is 5. The summed E-state index contributed by atoms with van der Waals surface area (Å²) in [5.74, 6) is 1.41. The Balaban J connectivity index is 2.13. The Morgan fingerprint density at radius 2 is 2.50 bits per heavy atom. The van der Waals surface area contributed by atoms with Crippen LogP contribution in [0.1, 0.15) is 0 Å². The first kappa shape index (κ1) is 12.1. The summed E-state index contributed by atoms with van der Waals surface area (Å²) in [5.41, 5.74) is 0. The van der Waals surface area contributed by atoms with Crippen molar-refractivity contribution in [2.45, 2.75) is 6.54 Å². The van der Waals surface area contributed by atoms with Crippen molar-refractivity contribution < 1.29 is 9.21 Å². The van der Waals surface area contributed by atoms with E-state index in [1.54, 1.807) is 6.07 Å². The van der Waals surface area contributed by atoms with Crippen LogP contribution in [0.3, 0.4) is 0 Å². The van der Waals surface area contributed by atoms with Crippen LogP contribution in [-0.4, -0.2) is 22.2 Å². The van der Waals surface area contributed by atoms with Gasteiger partial charge in [-0.2, -0.15) is 4.68 Å². The zero-order valence-corrected chi connectivity index (χ0v) is 10.1. The molecule has 7 heteroatoms. The summed E-state index contributed by atoms with van der Waals surface area (Å²) >= 11 is 1.40. The molecule has 0 fully saturated rings. The third kappa shape index (κ3) is 2.67. The van der Waals surface area contributed by atoms with Crippen LogP contribution < -0.4 is 11.1 Å². The second-order valence-electron chi connectivity index (χ2n) is 3.29. The summed E-state index contributed by atoms with van der Waals surface area (Å²) in [6, 6.07) is 3.59. The normalized spacial score (nSPS) is 9.94. The van der Waals surface area contributed by atoms with Crippen molar-refractivity contribution in [3.8, 4) is 23.1 Å². The molecule has 0 aliphatic rings. The molecular weight excluding hydrogens is 254 g/mol. The molecule has 0 saturated heterocycles. The van der Waals surface area contributed by atoms with Crippen LogP contribution in [0.2, 0.25) is 0 Å². The molecule has 0 aliphatic heterocycles. The van der Waals surface area contributed by atoms with Gasteiger partial charge in [-0.3, -0.25) is 4.79 Å². The standard InChI is InChI=1S/C11H9N3O3S/c1-2-5-12-9(15)7-14-11(16)17-10(13-14)8-4-3-6-18-8/h1,3-4,6H,5,7H2,(H,12,15). The average Bonchev–Trinajstić information content (AvgIpc) is 2.97. The van der Waals surface area contributed by atoms with Crippen molar-refractivity contribution in [1.82, 2.24) is 15.1 Å². The van der Waals surface area contributed by atoms with Crippen molar-refractivity contribution in [1.29, 1.82) is 0 Å². The molecule has 2 rings (SSSR count). The smallest absolute Gasteiger partial charge is 0.387 e. The van der Waals surface area contributed by atoms with Gasteiger partial charge < -0.3 is 9.73 Å². The summed E-state index contributed by atoms with van der Waals surface area (Å²) in [5, 5.41) is 8.22. The first-order valence-corrected chi connectivity index (χ1v) is 5.90. The number of terminal acetylenes is 1. The highest BCUT2D eigenvalue weighted by Gasteiger charge is 2.13. The monoisotopic (exact) mass is 263 g/mol. The highest BCUT2D eigenvalue weighted by Crippen LogP contribution is 2.20. The molecule has 0 aliphatic carbocycles. The van der Waals surface area contributed by atoms with E-state index in [-0.39, 0.29) is 24.9 Å². The zero-order valence-electron chi connectivity index (χ0n) is 9.25. The maximum atomic E-state index is 11.5. The predicted molar refractivity (Wildman–Crippen MR) is 65.9 cm³/mol. The average molecular weight is 263 g/mol. The van der Waals surface area contributed by atoms with Gasteiger partial charge in [0.25, 0.3) is 5.89 Å². The molecule has 0 atom stereocenters. The number of rotatable bonds is 4. The van der Waals surface area contributed by atoms with Gasteiger partial charge in [0.15, 0.2) is 0 Å². The van der Waals surface area contributed by atoms with Crippen molar-refractivity contribution in [3.63, 3.8) is 0 Å². The van der Waals surface area contributed by atoms with Crippen molar-refractivity contribution in [2.24, 2.45) is 0 Å². The molecule has 0 radical (unpaired) electrons. The molecule has 6 nitrogen and oxygen atoms in total. The lowest BCUT2D eigenvalue weighted by molar-refractivity contribution is -0.121. The molecular formula is C11H9N3O3S. The van der Waals surface area contributed by atoms with Crippen molar-refractivity contribution >= 4 is 17.2 Å². The molecule has 92 valence electrons. The van der Waals surface area contributed by atoms with Gasteiger partial charge in [-0.25, -0.2) is 4.79 Å². The Morgan fingerprint density at radius 1 is 1.67 bits per heavy atom. The highest BCUT2D eigenvalue weighted by molar-refractivity contribution is 7.13. The molecule has 0 spiro atoms. The van der Waals surface area contributed by atoms with E-state index >= 15 is 0 Å². The third-order valence-corrected chi connectivity index (χ3v) is 2.88. The van der Waals surface area contributed by atoms with E-state index in [9.17, 15) is 9.59 Å². The maximum Gasteiger partial charge on any atom is 0.437 e. The number of nitrogens with one attached hydrogen (secondary N) is 1. The van der Waals surface area contributed by atoms with E-state index in [2.05, 4.69) is 16.3 Å². The van der Waals surface area contributed by atoms with E-state index in [0.717, 1.165) is 9.56 Å². The lowest BCUT2D eigenvalue weighted by atomic mass is 10.5. The topological polar surface area (TPSA) is 77.1 Å². The lowest BCUT2D eigenvalue weighted by Gasteiger charge is -1.98. The Hall–Kier alpha value is -2.33. The van der Waals surface area contributed by atoms with Gasteiger partial charge in [0, 0.05) is 0 Å². The van der Waals surface area contributed by atoms with Gasteiger partial charge in [-0.1, -0.05) is 12.0 Å². The van der Waals surface area contributed by atoms with Crippen LogP contribution in [0.15, 0.2) is 26.7 Å². The Bertz CT molecular complexity index is 633. The quantitative estimate of drug-likeness (QED) is 0.806. The van der Waals surface area contributed by atoms with Crippen LogP contribution >= 0.6 is 11.3 Å². The highest BCUT2D eigenvalue weighted by atomic mass is 32.1. The van der Waals surface area contributed by atoms with Gasteiger partial charge >= 0.3 is 5.76 Å². The Kier molecular flexibility index (Phi) is 3.60. The van der Waals surface area contributed by atoms with E-state index in [1.165, 1.54) is 11.3 Å². The van der Waals surface area contributed by atoms with Gasteiger partial charge in [0.2, 0.25) is 5.91 Å². The minimum Gasteiger partial charge on any atom is -0.387 e. The fraction of sp³-hybridized carbons (Fsp3) is 0.182. The lowest BCUT2D eigenvalue weighted by Crippen LogP contribution is -2.31. The molecule has 1 N–H and O–H groups in total. The first-order chi connectivity index (χ1) is 8.70. The van der Waals surface area contributed by atoms with Crippen LogP contribution in [0.5, 0.6) is 0 Å². The van der Waals surface area contributed by atoms with Gasteiger partial charge in [-0.05, 0) is 11.4 Å². The fourth-order valence-corrected chi connectivity index (χ4v) is 1.89. The van der Waals surface area contributed by atoms with E-state index in [1.807, 2.05) is 11.4 Å². The summed E-state index contributed by atoms with van der Waals surface area (Å²) in [7, 11) is 0. The summed E-state index contributed by atoms with van der Waals surface area (Å²) in [6.45, 7) is -0.0986. The Morgan fingerprint density at radius 3 is 3.17 bits per heavy atom. The third-order valence-electron chi connectivity index (χ3n) is 2.02. The number of carbonyl (C=O) groups is 1. The first-order valence-electron chi connectivity index (χ1n) is 5.02. The summed E-state index contributed by atoms with van der Waals surface area (Å²) < 4.78 is 5.91. The zero-order chi connectivity index (χ0) is 13.0. The number of aromatic nitrogens is 2. The van der Waals surface area contributed by atoms with E-state index < -0.39 is 5.76 Å². The maximum absolute atomic E-state index is 11.5. The predicted octanol–water partition coefficient (Wildman–Crippen LogP) is 0.314. The number of amides is 1. The molecule has 0 unspecified atom stereocenters. The fourth-order valence-electron chi connectivity index (χ4n) is 1.25. The van der Waals surface area contributed by atoms with Crippen LogP contribution in [-0.2, 0) is 11.3 Å². The molecule has 0 bridgehead atoms. The van der Waals surface area contributed by atoms with E-state index in [0.29, 0.717) is 0 Å². The van der Waals surface area contributed by atoms with Crippen LogP contribution in [0, 0.1) is 12.3 Å². The SMILES string of the molecule is C#CCNC(=O)Cn1nc(-c2cccs2)oc1=O. The second-order valence-corrected chi connectivity index (χ2v) is 4.24. The molecule has 2 heterocycles. The molecule has 2 aromatic heterocycles. The number of nitrogens with zero attached hydrogens (tertiary/aromatic N) is 2. The van der Waals surface area contributed by atoms with Crippen molar-refractivity contribution in [3.05, 3.63) is 28.1 Å². The molecule has 0 saturated carbocycles. The summed E-state index contributed by atoms with van der Waals surface area (Å²) in [6.07, 6.45) is 5.00. The number of thiophene rings is 1. The van der Waals surface area contributed by atoms with Gasteiger partial charge in [0.05, 0.1) is 11.4 Å². The van der Waals surface area contributed by atoms with Crippen LogP contribution in [0.25, 0.3) is 10.8 Å². The summed E-state index contributed by atoms with van der Waals surface area (Å²) in [4.78, 5) is 23.6. The molecule has 0 aromatic carbocycles. The number of carbonyl (C=O) groups excluding carboxylic acids is 1. The van der Waals surface area contributed by atoms with Crippen LogP contribution in [0.4, 0.5) is 0 Å². The molecule has 1 amide bonds. The van der Waals surface area contributed by atoms with E-state index in [4.69, 9.17) is 10.8 Å². The van der Waals surface area contributed by atoms with Gasteiger partial charge in [0.1, 0.15) is 6.54 Å². The molecule has 18 heavy (non-hydrogen) atoms. The second kappa shape index (κ2) is 5.33. The minimum absolute atomic E-state index is 0.114.